The molecule has 1 aromatic heterocycles. The summed E-state index contributed by atoms with van der Waals surface area (Å²) in [7, 11) is 0. The third-order valence-electron chi connectivity index (χ3n) is 7.93. The van der Waals surface area contributed by atoms with Crippen molar-refractivity contribution in [2.45, 2.75) is 63.8 Å². The normalized spacial score (nSPS) is 49.8. The van der Waals surface area contributed by atoms with Crippen LogP contribution in [-0.2, 0) is 19.1 Å². The van der Waals surface area contributed by atoms with E-state index in [1.54, 1.807) is 12.5 Å². The van der Waals surface area contributed by atoms with Gasteiger partial charge in [-0.05, 0) is 43.6 Å². The maximum atomic E-state index is 12.8. The molecule has 4 heterocycles. The second-order valence-electron chi connectivity index (χ2n) is 9.02. The SMILES string of the molecule is CC12CC(c3ccoc3)OC(=O)C1CCC1(C)C2C2CCC1(O)C(=O)O2. The highest BCUT2D eigenvalue weighted by Crippen LogP contribution is 2.69. The lowest BCUT2D eigenvalue weighted by molar-refractivity contribution is -0.292. The van der Waals surface area contributed by atoms with Crippen LogP contribution in [0.4, 0.5) is 0 Å². The minimum absolute atomic E-state index is 0.0625. The standard InChI is InChI=1S/C20H24O6/c1-18-9-14(11-5-8-24-10-11)25-16(21)12(18)3-6-19(2)15(18)13-4-7-20(19,23)17(22)26-13/h5,8,10,12-15,23H,3-4,6-7,9H2,1-2H3. The molecule has 1 aromatic rings. The van der Waals surface area contributed by atoms with Crippen LogP contribution in [0.2, 0.25) is 0 Å². The molecule has 26 heavy (non-hydrogen) atoms. The van der Waals surface area contributed by atoms with Crippen LogP contribution in [0.25, 0.3) is 0 Å². The van der Waals surface area contributed by atoms with E-state index in [1.807, 2.05) is 13.0 Å². The number of rotatable bonds is 1. The van der Waals surface area contributed by atoms with Crippen molar-refractivity contribution in [1.82, 2.24) is 0 Å². The Bertz CT molecular complexity index is 771. The van der Waals surface area contributed by atoms with E-state index in [2.05, 4.69) is 6.92 Å². The van der Waals surface area contributed by atoms with Crippen LogP contribution >= 0.6 is 0 Å². The second-order valence-corrected chi connectivity index (χ2v) is 9.02. The summed E-state index contributed by atoms with van der Waals surface area (Å²) in [5.41, 5.74) is -1.58. The highest BCUT2D eigenvalue weighted by molar-refractivity contribution is 5.83. The number of fused-ring (bicyclic) bond motifs is 3. The summed E-state index contributed by atoms with van der Waals surface area (Å²) >= 11 is 0. The Kier molecular flexibility index (Phi) is 3.09. The minimum Gasteiger partial charge on any atom is -0.472 e. The highest BCUT2D eigenvalue weighted by Gasteiger charge is 2.74. The predicted molar refractivity (Wildman–Crippen MR) is 88.6 cm³/mol. The molecular weight excluding hydrogens is 336 g/mol. The zero-order chi connectivity index (χ0) is 18.3. The molecule has 3 aliphatic heterocycles. The first-order chi connectivity index (χ1) is 12.3. The van der Waals surface area contributed by atoms with Crippen LogP contribution < -0.4 is 0 Å². The van der Waals surface area contributed by atoms with E-state index in [0.717, 1.165) is 5.56 Å². The number of carbonyl (C=O) groups excluding carboxylic acids is 2. The minimum atomic E-state index is -1.45. The Balaban J connectivity index is 1.60. The fraction of sp³-hybridized carbons (Fsp3) is 0.700. The molecule has 0 spiro atoms. The molecule has 6 nitrogen and oxygen atoms in total. The van der Waals surface area contributed by atoms with Gasteiger partial charge >= 0.3 is 11.9 Å². The van der Waals surface area contributed by atoms with E-state index in [9.17, 15) is 14.7 Å². The van der Waals surface area contributed by atoms with E-state index in [0.29, 0.717) is 32.1 Å². The van der Waals surface area contributed by atoms with Crippen molar-refractivity contribution in [3.8, 4) is 0 Å². The third kappa shape index (κ3) is 1.76. The first kappa shape index (κ1) is 16.4. The predicted octanol–water partition coefficient (Wildman–Crippen LogP) is 2.76. The van der Waals surface area contributed by atoms with Crippen LogP contribution in [0.1, 0.15) is 57.6 Å². The van der Waals surface area contributed by atoms with E-state index in [-0.39, 0.29) is 30.0 Å². The number of cyclic esters (lactones) is 1. The summed E-state index contributed by atoms with van der Waals surface area (Å²) in [6.45, 7) is 4.13. The Morgan fingerprint density at radius 2 is 1.96 bits per heavy atom. The largest absolute Gasteiger partial charge is 0.472 e. The molecule has 6 rings (SSSR count). The Morgan fingerprint density at radius 1 is 1.15 bits per heavy atom. The smallest absolute Gasteiger partial charge is 0.338 e. The number of carbonyl (C=O) groups is 2. The summed E-state index contributed by atoms with van der Waals surface area (Å²) in [6, 6.07) is 1.82. The van der Waals surface area contributed by atoms with Crippen LogP contribution in [0.15, 0.2) is 23.0 Å². The third-order valence-corrected chi connectivity index (χ3v) is 7.93. The summed E-state index contributed by atoms with van der Waals surface area (Å²) in [5, 5.41) is 11.3. The van der Waals surface area contributed by atoms with Gasteiger partial charge < -0.3 is 19.0 Å². The average molecular weight is 360 g/mol. The van der Waals surface area contributed by atoms with Gasteiger partial charge in [0.1, 0.15) is 12.2 Å². The number of esters is 2. The summed E-state index contributed by atoms with van der Waals surface area (Å²) < 4.78 is 16.6. The van der Waals surface area contributed by atoms with Crippen molar-refractivity contribution >= 4 is 11.9 Å². The van der Waals surface area contributed by atoms with E-state index in [4.69, 9.17) is 13.9 Å². The summed E-state index contributed by atoms with van der Waals surface area (Å²) in [4.78, 5) is 25.3. The van der Waals surface area contributed by atoms with Gasteiger partial charge in [0.05, 0.1) is 18.4 Å². The maximum Gasteiger partial charge on any atom is 0.338 e. The van der Waals surface area contributed by atoms with Crippen LogP contribution in [0.5, 0.6) is 0 Å². The van der Waals surface area contributed by atoms with Crippen molar-refractivity contribution in [3.63, 3.8) is 0 Å². The topological polar surface area (TPSA) is 86.0 Å². The maximum absolute atomic E-state index is 12.8. The molecule has 2 saturated carbocycles. The zero-order valence-electron chi connectivity index (χ0n) is 15.1. The molecule has 5 aliphatic rings. The lowest BCUT2D eigenvalue weighted by atomic mass is 9.41. The summed E-state index contributed by atoms with van der Waals surface area (Å²) in [6.07, 6.45) is 5.58. The van der Waals surface area contributed by atoms with Gasteiger partial charge in [0.25, 0.3) is 0 Å². The fourth-order valence-electron chi connectivity index (χ4n) is 6.64. The van der Waals surface area contributed by atoms with Gasteiger partial charge in [-0.25, -0.2) is 4.79 Å². The number of ether oxygens (including phenoxy) is 2. The summed E-state index contributed by atoms with van der Waals surface area (Å²) in [5.74, 6) is -0.969. The molecular formula is C20H24O6. The molecule has 7 atom stereocenters. The first-order valence-corrected chi connectivity index (χ1v) is 9.46. The Hall–Kier alpha value is -1.82. The molecule has 140 valence electrons. The van der Waals surface area contributed by atoms with Gasteiger partial charge in [0.2, 0.25) is 0 Å². The van der Waals surface area contributed by atoms with Crippen molar-refractivity contribution < 1.29 is 28.6 Å². The van der Waals surface area contributed by atoms with E-state index < -0.39 is 22.4 Å². The quantitative estimate of drug-likeness (QED) is 0.775. The van der Waals surface area contributed by atoms with E-state index in [1.165, 1.54) is 0 Å². The molecule has 2 aliphatic carbocycles. The van der Waals surface area contributed by atoms with E-state index >= 15 is 0 Å². The Morgan fingerprint density at radius 3 is 2.65 bits per heavy atom. The van der Waals surface area contributed by atoms with Gasteiger partial charge in [0.15, 0.2) is 5.60 Å². The lowest BCUT2D eigenvalue weighted by Gasteiger charge is -2.67. The highest BCUT2D eigenvalue weighted by atomic mass is 16.6. The molecule has 1 N–H and O–H groups in total. The van der Waals surface area contributed by atoms with Crippen molar-refractivity contribution in [2.24, 2.45) is 22.7 Å². The molecule has 6 heteroatoms. The van der Waals surface area contributed by atoms with Crippen LogP contribution in [-0.4, -0.2) is 28.8 Å². The van der Waals surface area contributed by atoms with Crippen molar-refractivity contribution in [3.05, 3.63) is 24.2 Å². The molecule has 3 saturated heterocycles. The van der Waals surface area contributed by atoms with Gasteiger partial charge in [0, 0.05) is 16.9 Å². The number of aliphatic hydroxyl groups is 1. The number of hydrogen-bond donors (Lipinski definition) is 1. The molecule has 2 bridgehead atoms. The monoisotopic (exact) mass is 360 g/mol. The average Bonchev–Trinajstić information content (AvgIpc) is 3.10. The van der Waals surface area contributed by atoms with Gasteiger partial charge in [-0.2, -0.15) is 0 Å². The molecule has 7 unspecified atom stereocenters. The van der Waals surface area contributed by atoms with Crippen molar-refractivity contribution in [1.29, 1.82) is 0 Å². The number of hydrogen-bond acceptors (Lipinski definition) is 6. The molecule has 0 aromatic carbocycles. The van der Waals surface area contributed by atoms with Crippen LogP contribution in [0, 0.1) is 22.7 Å². The van der Waals surface area contributed by atoms with Crippen LogP contribution in [0.3, 0.4) is 0 Å². The second kappa shape index (κ2) is 4.91. The Labute approximate surface area is 151 Å². The molecule has 0 amide bonds. The van der Waals surface area contributed by atoms with Crippen molar-refractivity contribution in [2.75, 3.05) is 0 Å². The molecule has 0 radical (unpaired) electrons. The molecule has 5 fully saturated rings. The van der Waals surface area contributed by atoms with Gasteiger partial charge in [-0.1, -0.05) is 13.8 Å². The van der Waals surface area contributed by atoms with Gasteiger partial charge in [-0.15, -0.1) is 0 Å². The fourth-order valence-corrected chi connectivity index (χ4v) is 6.64. The zero-order valence-corrected chi connectivity index (χ0v) is 15.1. The number of furan rings is 1. The lowest BCUT2D eigenvalue weighted by Crippen LogP contribution is -2.74. The first-order valence-electron chi connectivity index (χ1n) is 9.46. The van der Waals surface area contributed by atoms with Gasteiger partial charge in [-0.3, -0.25) is 4.79 Å².